The van der Waals surface area contributed by atoms with Crippen LogP contribution in [0.5, 0.6) is 11.5 Å². The van der Waals surface area contributed by atoms with E-state index in [1.807, 2.05) is 62.4 Å². The quantitative estimate of drug-likeness (QED) is 0.127. The molecule has 6 unspecified atom stereocenters. The number of fused-ring (bicyclic) bond motifs is 6. The lowest BCUT2D eigenvalue weighted by Gasteiger charge is -2.49. The number of thiophene rings is 1. The number of anilines is 2. The van der Waals surface area contributed by atoms with E-state index in [0.717, 1.165) is 31.6 Å². The van der Waals surface area contributed by atoms with Gasteiger partial charge in [0.1, 0.15) is 17.0 Å². The van der Waals surface area contributed by atoms with Crippen LogP contribution in [-0.2, 0) is 26.2 Å². The summed E-state index contributed by atoms with van der Waals surface area (Å²) >= 11 is 15.2. The largest absolute Gasteiger partial charge is 0.503 e. The molecule has 3 fully saturated rings. The first-order valence-corrected chi connectivity index (χ1v) is 23.4. The monoisotopic (exact) mass is 1020 g/mol. The zero-order valence-corrected chi connectivity index (χ0v) is 39.3. The number of hydrogen-bond acceptors (Lipinski definition) is 10. The molecule has 4 aliphatic rings. The van der Waals surface area contributed by atoms with Gasteiger partial charge in [-0.2, -0.15) is 5.10 Å². The van der Waals surface area contributed by atoms with Crippen LogP contribution in [0.1, 0.15) is 36.8 Å². The number of ether oxygens (including phenoxy) is 1. The summed E-state index contributed by atoms with van der Waals surface area (Å²) in [4.78, 5) is 67.9. The summed E-state index contributed by atoms with van der Waals surface area (Å²) in [5.41, 5.74) is 4.05. The van der Waals surface area contributed by atoms with Crippen LogP contribution < -0.4 is 14.5 Å². The molecule has 322 valence electrons. The number of aromatic nitrogens is 3. The Kier molecular flexibility index (Phi) is 9.45. The Morgan fingerprint density at radius 1 is 0.938 bits per heavy atom. The van der Waals surface area contributed by atoms with Crippen LogP contribution in [0.4, 0.5) is 11.5 Å². The van der Waals surface area contributed by atoms with Crippen molar-refractivity contribution in [3.8, 4) is 33.5 Å². The lowest BCUT2D eigenvalue weighted by molar-refractivity contribution is -0.131. The van der Waals surface area contributed by atoms with E-state index in [-0.39, 0.29) is 36.2 Å². The molecule has 4 aromatic carbocycles. The van der Waals surface area contributed by atoms with Gasteiger partial charge in [-0.25, -0.2) is 9.88 Å². The predicted octanol–water partition coefficient (Wildman–Crippen LogP) is 10.7. The normalized spacial score (nSPS) is 24.2. The number of carbonyl (C=O) groups is 4. The number of hydrogen-bond donors (Lipinski definition) is 1. The van der Waals surface area contributed by atoms with Gasteiger partial charge in [0.15, 0.2) is 17.1 Å². The molecular formula is C48H36Br2ClN5O7S. The molecule has 4 amide bonds. The van der Waals surface area contributed by atoms with Gasteiger partial charge >= 0.3 is 0 Å². The number of amides is 4. The van der Waals surface area contributed by atoms with Gasteiger partial charge in [-0.1, -0.05) is 35.4 Å². The number of halogens is 3. The third-order valence-corrected chi connectivity index (χ3v) is 17.5. The average molecular weight is 1020 g/mol. The maximum Gasteiger partial charge on any atom is 0.242 e. The van der Waals surface area contributed by atoms with E-state index in [9.17, 15) is 14.7 Å². The number of rotatable bonds is 6. The number of benzene rings is 4. The van der Waals surface area contributed by atoms with Crippen LogP contribution in [0.2, 0.25) is 5.02 Å². The molecule has 2 aliphatic carbocycles. The van der Waals surface area contributed by atoms with Gasteiger partial charge < -0.3 is 14.3 Å². The molecule has 16 heteroatoms. The second kappa shape index (κ2) is 14.7. The third-order valence-electron chi connectivity index (χ3n) is 13.9. The lowest BCUT2D eigenvalue weighted by Crippen LogP contribution is -2.49. The number of phenols is 1. The van der Waals surface area contributed by atoms with Crippen LogP contribution in [0.3, 0.4) is 0 Å². The van der Waals surface area contributed by atoms with Gasteiger partial charge in [-0.15, -0.1) is 11.3 Å². The van der Waals surface area contributed by atoms with Crippen LogP contribution in [-0.4, -0.2) is 50.6 Å². The number of oxazole rings is 1. The van der Waals surface area contributed by atoms with Crippen LogP contribution >= 0.6 is 54.8 Å². The summed E-state index contributed by atoms with van der Waals surface area (Å²) in [7, 11) is 3.15. The number of imide groups is 2. The van der Waals surface area contributed by atoms with Crippen molar-refractivity contribution in [2.75, 3.05) is 16.9 Å². The zero-order chi connectivity index (χ0) is 44.7. The second-order valence-corrected chi connectivity index (χ2v) is 20.1. The number of carbonyl (C=O) groups excluding carboxylic acids is 4. The fraction of sp³-hybridized carbons (Fsp3) is 0.250. The molecular weight excluding hydrogens is 986 g/mol. The minimum absolute atomic E-state index is 0.143. The first-order chi connectivity index (χ1) is 30.7. The van der Waals surface area contributed by atoms with E-state index in [2.05, 4.69) is 36.8 Å². The Hall–Kier alpha value is -5.61. The van der Waals surface area contributed by atoms with Gasteiger partial charge in [0, 0.05) is 38.8 Å². The molecule has 3 aromatic heterocycles. The minimum atomic E-state index is -1.38. The van der Waals surface area contributed by atoms with Gasteiger partial charge in [0.25, 0.3) is 0 Å². The fourth-order valence-corrected chi connectivity index (χ4v) is 13.0. The Bertz CT molecular complexity index is 3220. The predicted molar refractivity (Wildman–Crippen MR) is 250 cm³/mol. The minimum Gasteiger partial charge on any atom is -0.503 e. The van der Waals surface area contributed by atoms with Gasteiger partial charge in [0.2, 0.25) is 29.5 Å². The molecule has 64 heavy (non-hydrogen) atoms. The number of phenolic OH excluding ortho intramolecular Hbond substituents is 1. The summed E-state index contributed by atoms with van der Waals surface area (Å²) in [6.45, 7) is 3.82. The number of methoxy groups -OCH3 is 1. The van der Waals surface area contributed by atoms with E-state index < -0.39 is 46.8 Å². The van der Waals surface area contributed by atoms with Crippen LogP contribution in [0.15, 0.2) is 104 Å². The van der Waals surface area contributed by atoms with Crippen molar-refractivity contribution in [2.45, 2.75) is 32.6 Å². The van der Waals surface area contributed by atoms with Gasteiger partial charge in [-0.05, 0) is 142 Å². The summed E-state index contributed by atoms with van der Waals surface area (Å²) in [5.74, 6) is -4.55. The Morgan fingerprint density at radius 3 is 2.45 bits per heavy atom. The first-order valence-electron chi connectivity index (χ1n) is 20.6. The molecule has 1 N–H and O–H groups in total. The summed E-state index contributed by atoms with van der Waals surface area (Å²) in [6.07, 6.45) is 2.39. The summed E-state index contributed by atoms with van der Waals surface area (Å²) in [6, 6.07) is 23.6. The van der Waals surface area contributed by atoms with Crippen molar-refractivity contribution in [3.05, 3.63) is 116 Å². The van der Waals surface area contributed by atoms with Crippen LogP contribution in [0.25, 0.3) is 43.2 Å². The van der Waals surface area contributed by atoms with Crippen molar-refractivity contribution in [1.29, 1.82) is 0 Å². The van der Waals surface area contributed by atoms with Crippen molar-refractivity contribution >= 4 is 111 Å². The van der Waals surface area contributed by atoms with Gasteiger partial charge in [0.05, 0.1) is 45.3 Å². The smallest absolute Gasteiger partial charge is 0.242 e. The molecule has 5 heterocycles. The van der Waals surface area contributed by atoms with Gasteiger partial charge in [-0.3, -0.25) is 28.8 Å². The Labute approximate surface area is 391 Å². The molecule has 7 aromatic rings. The van der Waals surface area contributed by atoms with E-state index in [0.29, 0.717) is 53.8 Å². The molecule has 0 radical (unpaired) electrons. The first kappa shape index (κ1) is 41.1. The van der Waals surface area contributed by atoms with E-state index in [1.165, 1.54) is 16.9 Å². The maximum atomic E-state index is 15.4. The standard InChI is InChI=1S/C48H36Br2ClN5O7S/c1-21-27-17-23(51)11-16-35(27)64-42(21)32-20-36(54(3)53-32)56-45(59)30-18-28-25(38(48(30,2)47(56)61)29-19-34(62-4)41(57)40(50)39(29)49)14-15-26-37(28)46(60)55(44(26)58)24-12-9-22(10-13-24)43-52-31-7-5-6-8-33(31)63-43/h5-14,16-17,19-20,26,28,30,37-38,57H,15,18H2,1-4H3. The SMILES string of the molecule is COc1cc(C2C3=CCC4C(=O)N(c5ccc(-c6nc7ccccc7o6)cc5)C(=O)C4C3CC3C(=O)N(c4cc(-c5sc6ccc(Cl)cc6c5C)nn4C)C(=O)C32C)c(Br)c(Br)c1O. The highest BCUT2D eigenvalue weighted by molar-refractivity contribution is 9.13. The molecule has 6 atom stereocenters. The highest BCUT2D eigenvalue weighted by atomic mass is 79.9. The number of aryl methyl sites for hydroxylation is 2. The Balaban J connectivity index is 0.995. The molecule has 2 saturated heterocycles. The van der Waals surface area contributed by atoms with Crippen molar-refractivity contribution in [3.63, 3.8) is 0 Å². The highest BCUT2D eigenvalue weighted by Gasteiger charge is 2.68. The lowest BCUT2D eigenvalue weighted by atomic mass is 9.51. The molecule has 2 aliphatic heterocycles. The maximum absolute atomic E-state index is 15.4. The third kappa shape index (κ3) is 5.75. The summed E-state index contributed by atoms with van der Waals surface area (Å²) in [5, 5.41) is 17.5. The number of para-hydroxylation sites is 2. The molecule has 0 bridgehead atoms. The van der Waals surface area contributed by atoms with E-state index in [1.54, 1.807) is 59.5 Å². The van der Waals surface area contributed by atoms with Crippen molar-refractivity contribution < 1.29 is 33.4 Å². The molecule has 11 rings (SSSR count). The average Bonchev–Trinajstić information content (AvgIpc) is 4.07. The molecule has 1 saturated carbocycles. The number of nitrogens with zero attached hydrogens (tertiary/aromatic N) is 5. The number of allylic oxidation sites excluding steroid dienone is 2. The number of aromatic hydroxyl groups is 1. The van der Waals surface area contributed by atoms with Crippen LogP contribution in [0, 0.1) is 36.0 Å². The highest BCUT2D eigenvalue weighted by Crippen LogP contribution is 2.65. The molecule has 0 spiro atoms. The summed E-state index contributed by atoms with van der Waals surface area (Å²) < 4.78 is 15.0. The zero-order valence-electron chi connectivity index (χ0n) is 34.6. The van der Waals surface area contributed by atoms with E-state index >= 15 is 9.59 Å². The van der Waals surface area contributed by atoms with Crippen molar-refractivity contribution in [2.24, 2.45) is 36.1 Å². The topological polar surface area (TPSA) is 148 Å². The fourth-order valence-electron chi connectivity index (χ4n) is 10.8. The molecule has 12 nitrogen and oxygen atoms in total. The van der Waals surface area contributed by atoms with E-state index in [4.69, 9.17) is 25.9 Å². The Morgan fingerprint density at radius 2 is 1.70 bits per heavy atom. The second-order valence-electron chi connectivity index (χ2n) is 17.1. The van der Waals surface area contributed by atoms with Crippen molar-refractivity contribution in [1.82, 2.24) is 14.8 Å².